The van der Waals surface area contributed by atoms with Gasteiger partial charge in [0, 0.05) is 17.3 Å². The summed E-state index contributed by atoms with van der Waals surface area (Å²) in [5, 5.41) is 0. The van der Waals surface area contributed by atoms with Gasteiger partial charge in [-0.15, -0.1) is 0 Å². The predicted molar refractivity (Wildman–Crippen MR) is 77.6 cm³/mol. The van der Waals surface area contributed by atoms with Crippen LogP contribution in [0.1, 0.15) is 28.4 Å². The van der Waals surface area contributed by atoms with Crippen LogP contribution in [-0.2, 0) is 6.42 Å². The molecule has 0 spiro atoms. The molecule has 0 aromatic heterocycles. The molecular formula is C17H17NO. The molecule has 0 saturated heterocycles. The lowest BCUT2D eigenvalue weighted by Gasteiger charge is -2.23. The second-order valence-corrected chi connectivity index (χ2v) is 5.17. The van der Waals surface area contributed by atoms with Crippen LogP contribution in [0.15, 0.2) is 48.5 Å². The van der Waals surface area contributed by atoms with Gasteiger partial charge in [0.25, 0.3) is 5.91 Å². The van der Waals surface area contributed by atoms with E-state index in [0.29, 0.717) is 0 Å². The van der Waals surface area contributed by atoms with Crippen molar-refractivity contribution >= 4 is 11.6 Å². The number of nitrogens with zero attached hydrogens (tertiary/aromatic N) is 1. The van der Waals surface area contributed by atoms with Crippen LogP contribution in [0.2, 0.25) is 0 Å². The second kappa shape index (κ2) is 4.54. The van der Waals surface area contributed by atoms with Crippen LogP contribution in [0.3, 0.4) is 0 Å². The fraction of sp³-hybridized carbons (Fsp3) is 0.235. The van der Waals surface area contributed by atoms with Gasteiger partial charge in [0.05, 0.1) is 0 Å². The maximum absolute atomic E-state index is 12.8. The zero-order valence-electron chi connectivity index (χ0n) is 11.3. The minimum atomic E-state index is 0.107. The van der Waals surface area contributed by atoms with Gasteiger partial charge in [0.2, 0.25) is 0 Å². The molecule has 2 aromatic carbocycles. The molecule has 2 heteroatoms. The van der Waals surface area contributed by atoms with E-state index in [0.717, 1.165) is 23.2 Å². The van der Waals surface area contributed by atoms with E-state index in [-0.39, 0.29) is 11.9 Å². The van der Waals surface area contributed by atoms with Gasteiger partial charge in [-0.2, -0.15) is 0 Å². The number of carbonyl (C=O) groups excluding carboxylic acids is 1. The first-order valence-electron chi connectivity index (χ1n) is 6.65. The highest BCUT2D eigenvalue weighted by Crippen LogP contribution is 2.33. The molecule has 1 atom stereocenters. The number of amides is 1. The number of aryl methyl sites for hydroxylation is 1. The van der Waals surface area contributed by atoms with E-state index in [9.17, 15) is 4.79 Å². The van der Waals surface area contributed by atoms with Crippen LogP contribution in [0.4, 0.5) is 5.69 Å². The lowest BCUT2D eigenvalue weighted by atomic mass is 10.1. The first-order chi connectivity index (χ1) is 9.18. The molecule has 0 bridgehead atoms. The van der Waals surface area contributed by atoms with Gasteiger partial charge in [-0.1, -0.05) is 36.4 Å². The number of hydrogen-bond acceptors (Lipinski definition) is 1. The van der Waals surface area contributed by atoms with Gasteiger partial charge in [0.15, 0.2) is 0 Å². The SMILES string of the molecule is Cc1ccccc1C(=O)N1c2ccccc2C[C@H]1C. The van der Waals surface area contributed by atoms with Gasteiger partial charge >= 0.3 is 0 Å². The number of benzene rings is 2. The van der Waals surface area contributed by atoms with E-state index in [1.54, 1.807) is 0 Å². The van der Waals surface area contributed by atoms with E-state index in [1.165, 1.54) is 5.56 Å². The molecule has 96 valence electrons. The number of rotatable bonds is 1. The molecule has 19 heavy (non-hydrogen) atoms. The van der Waals surface area contributed by atoms with Gasteiger partial charge in [-0.3, -0.25) is 4.79 Å². The highest BCUT2D eigenvalue weighted by atomic mass is 16.2. The van der Waals surface area contributed by atoms with E-state index in [4.69, 9.17) is 0 Å². The Morgan fingerprint density at radius 2 is 1.79 bits per heavy atom. The second-order valence-electron chi connectivity index (χ2n) is 5.17. The van der Waals surface area contributed by atoms with Gasteiger partial charge in [-0.25, -0.2) is 0 Å². The lowest BCUT2D eigenvalue weighted by molar-refractivity contribution is 0.0981. The first-order valence-corrected chi connectivity index (χ1v) is 6.65. The molecule has 2 aromatic rings. The lowest BCUT2D eigenvalue weighted by Crippen LogP contribution is -2.36. The molecule has 3 rings (SSSR count). The third-order valence-electron chi connectivity index (χ3n) is 3.80. The average Bonchev–Trinajstić information content (AvgIpc) is 2.74. The molecule has 0 radical (unpaired) electrons. The highest BCUT2D eigenvalue weighted by Gasteiger charge is 2.31. The minimum Gasteiger partial charge on any atom is -0.305 e. The fourth-order valence-electron chi connectivity index (χ4n) is 2.82. The Bertz CT molecular complexity index is 633. The van der Waals surface area contributed by atoms with E-state index in [2.05, 4.69) is 13.0 Å². The van der Waals surface area contributed by atoms with Crippen molar-refractivity contribution in [2.45, 2.75) is 26.3 Å². The summed E-state index contributed by atoms with van der Waals surface area (Å²) in [4.78, 5) is 14.7. The molecule has 0 saturated carbocycles. The van der Waals surface area contributed by atoms with Crippen molar-refractivity contribution in [1.82, 2.24) is 0 Å². The van der Waals surface area contributed by atoms with Crippen molar-refractivity contribution < 1.29 is 4.79 Å². The van der Waals surface area contributed by atoms with Crippen molar-refractivity contribution in [1.29, 1.82) is 0 Å². The van der Waals surface area contributed by atoms with Crippen LogP contribution >= 0.6 is 0 Å². The Labute approximate surface area is 113 Å². The Morgan fingerprint density at radius 1 is 1.11 bits per heavy atom. The molecule has 1 aliphatic rings. The number of hydrogen-bond donors (Lipinski definition) is 0. The standard InChI is InChI=1S/C17H17NO/c1-12-7-3-5-9-15(12)17(19)18-13(2)11-14-8-4-6-10-16(14)18/h3-10,13H,11H2,1-2H3/t13-/m1/s1. The third-order valence-corrected chi connectivity index (χ3v) is 3.80. The van der Waals surface area contributed by atoms with Gasteiger partial charge in [0.1, 0.15) is 0 Å². The summed E-state index contributed by atoms with van der Waals surface area (Å²) in [6.07, 6.45) is 0.938. The number of para-hydroxylation sites is 1. The predicted octanol–water partition coefficient (Wildman–Crippen LogP) is 3.59. The molecular weight excluding hydrogens is 234 g/mol. The fourth-order valence-corrected chi connectivity index (χ4v) is 2.82. The molecule has 0 unspecified atom stereocenters. The maximum Gasteiger partial charge on any atom is 0.258 e. The van der Waals surface area contributed by atoms with Crippen molar-refractivity contribution in [2.24, 2.45) is 0 Å². The third kappa shape index (κ3) is 1.93. The molecule has 2 nitrogen and oxygen atoms in total. The van der Waals surface area contributed by atoms with E-state index < -0.39 is 0 Å². The Kier molecular flexibility index (Phi) is 2.86. The summed E-state index contributed by atoms with van der Waals surface area (Å²) < 4.78 is 0. The zero-order valence-corrected chi connectivity index (χ0v) is 11.3. The summed E-state index contributed by atoms with van der Waals surface area (Å²) in [5.74, 6) is 0.107. The van der Waals surface area contributed by atoms with Crippen LogP contribution in [-0.4, -0.2) is 11.9 Å². The number of carbonyl (C=O) groups is 1. The quantitative estimate of drug-likeness (QED) is 0.758. The topological polar surface area (TPSA) is 20.3 Å². The van der Waals surface area contributed by atoms with Crippen molar-refractivity contribution in [3.8, 4) is 0 Å². The first kappa shape index (κ1) is 12.0. The van der Waals surface area contributed by atoms with Crippen LogP contribution in [0, 0.1) is 6.92 Å². The number of fused-ring (bicyclic) bond motifs is 1. The minimum absolute atomic E-state index is 0.107. The zero-order chi connectivity index (χ0) is 13.4. The Hall–Kier alpha value is -2.09. The number of anilines is 1. The Morgan fingerprint density at radius 3 is 2.58 bits per heavy atom. The highest BCUT2D eigenvalue weighted by molar-refractivity contribution is 6.08. The molecule has 1 aliphatic heterocycles. The van der Waals surface area contributed by atoms with Crippen molar-refractivity contribution in [3.05, 3.63) is 65.2 Å². The van der Waals surface area contributed by atoms with Gasteiger partial charge in [-0.05, 0) is 43.5 Å². The molecule has 1 amide bonds. The summed E-state index contributed by atoms with van der Waals surface area (Å²) in [6.45, 7) is 4.09. The van der Waals surface area contributed by atoms with E-state index >= 15 is 0 Å². The van der Waals surface area contributed by atoms with E-state index in [1.807, 2.05) is 54.3 Å². The monoisotopic (exact) mass is 251 g/mol. The largest absolute Gasteiger partial charge is 0.305 e. The molecule has 1 heterocycles. The van der Waals surface area contributed by atoms with Crippen LogP contribution in [0.25, 0.3) is 0 Å². The summed E-state index contributed by atoms with van der Waals surface area (Å²) in [6, 6.07) is 16.2. The summed E-state index contributed by atoms with van der Waals surface area (Å²) >= 11 is 0. The van der Waals surface area contributed by atoms with Crippen LogP contribution in [0.5, 0.6) is 0 Å². The normalized spacial score (nSPS) is 17.4. The molecule has 0 fully saturated rings. The average molecular weight is 251 g/mol. The summed E-state index contributed by atoms with van der Waals surface area (Å²) in [5.41, 5.74) is 4.15. The molecule has 0 aliphatic carbocycles. The molecule has 0 N–H and O–H groups in total. The van der Waals surface area contributed by atoms with Gasteiger partial charge < -0.3 is 4.90 Å². The van der Waals surface area contributed by atoms with Crippen molar-refractivity contribution in [3.63, 3.8) is 0 Å². The maximum atomic E-state index is 12.8. The van der Waals surface area contributed by atoms with Crippen LogP contribution < -0.4 is 4.90 Å². The smallest absolute Gasteiger partial charge is 0.258 e. The Balaban J connectivity index is 2.03. The summed E-state index contributed by atoms with van der Waals surface area (Å²) in [7, 11) is 0. The van der Waals surface area contributed by atoms with Crippen molar-refractivity contribution in [2.75, 3.05) is 4.90 Å².